The molecule has 0 unspecified atom stereocenters. The summed E-state index contributed by atoms with van der Waals surface area (Å²) < 4.78 is 5.16. The number of carbonyl (C=O) groups is 1. The third-order valence-electron chi connectivity index (χ3n) is 3.18. The molecule has 2 aromatic rings. The highest BCUT2D eigenvalue weighted by atomic mass is 32.2. The summed E-state index contributed by atoms with van der Waals surface area (Å²) in [5.74, 6) is 0.683. The van der Waals surface area contributed by atoms with E-state index < -0.39 is 0 Å². The van der Waals surface area contributed by atoms with Crippen LogP contribution >= 0.6 is 11.8 Å². The molecule has 1 fully saturated rings. The molecule has 6 heteroatoms. The Morgan fingerprint density at radius 2 is 2.09 bits per heavy atom. The summed E-state index contributed by atoms with van der Waals surface area (Å²) in [7, 11) is 0. The number of amides is 1. The van der Waals surface area contributed by atoms with E-state index in [-0.39, 0.29) is 11.2 Å². The van der Waals surface area contributed by atoms with Gasteiger partial charge >= 0.3 is 0 Å². The molecule has 5 nitrogen and oxygen atoms in total. The van der Waals surface area contributed by atoms with E-state index in [0.717, 1.165) is 5.56 Å². The van der Waals surface area contributed by atoms with Crippen molar-refractivity contribution in [2.75, 3.05) is 0 Å². The van der Waals surface area contributed by atoms with Gasteiger partial charge in [0.05, 0.1) is 24.3 Å². The van der Waals surface area contributed by atoms with Crippen molar-refractivity contribution < 1.29 is 9.21 Å². The van der Waals surface area contributed by atoms with Gasteiger partial charge in [-0.25, -0.2) is 0 Å². The van der Waals surface area contributed by atoms with Crippen molar-refractivity contribution in [2.24, 2.45) is 10.2 Å². The molecular formula is C16H15N3O2S. The highest BCUT2D eigenvalue weighted by Crippen LogP contribution is 2.28. The molecule has 1 atom stereocenters. The average molecular weight is 313 g/mol. The van der Waals surface area contributed by atoms with Crippen LogP contribution in [-0.2, 0) is 11.3 Å². The summed E-state index contributed by atoms with van der Waals surface area (Å²) in [6, 6.07) is 13.4. The molecule has 0 aliphatic carbocycles. The molecule has 2 heterocycles. The number of hydrogen-bond donors (Lipinski definition) is 0. The number of furan rings is 1. The molecular weight excluding hydrogens is 298 g/mol. The number of carbonyl (C=O) groups excluding carboxylic acids is 1. The van der Waals surface area contributed by atoms with Gasteiger partial charge in [0.15, 0.2) is 5.17 Å². The lowest BCUT2D eigenvalue weighted by Gasteiger charge is -2.15. The zero-order valence-corrected chi connectivity index (χ0v) is 12.9. The van der Waals surface area contributed by atoms with Crippen LogP contribution in [0.3, 0.4) is 0 Å². The van der Waals surface area contributed by atoms with Crippen LogP contribution in [0.25, 0.3) is 0 Å². The molecule has 0 radical (unpaired) electrons. The lowest BCUT2D eigenvalue weighted by atomic mass is 10.2. The van der Waals surface area contributed by atoms with Crippen molar-refractivity contribution in [3.8, 4) is 0 Å². The van der Waals surface area contributed by atoms with Crippen molar-refractivity contribution in [1.82, 2.24) is 4.90 Å². The summed E-state index contributed by atoms with van der Waals surface area (Å²) in [5.41, 5.74) is 1.06. The van der Waals surface area contributed by atoms with Gasteiger partial charge in [-0.05, 0) is 24.6 Å². The van der Waals surface area contributed by atoms with E-state index in [1.54, 1.807) is 23.3 Å². The minimum absolute atomic E-state index is 0.0563. The maximum Gasteiger partial charge on any atom is 0.242 e. The highest BCUT2D eigenvalue weighted by Gasteiger charge is 2.35. The molecule has 112 valence electrons. The van der Waals surface area contributed by atoms with E-state index in [1.807, 2.05) is 37.3 Å². The molecule has 1 amide bonds. The van der Waals surface area contributed by atoms with Gasteiger partial charge in [0.25, 0.3) is 0 Å². The molecule has 1 aromatic carbocycles. The first-order valence-electron chi connectivity index (χ1n) is 6.90. The predicted molar refractivity (Wildman–Crippen MR) is 87.8 cm³/mol. The van der Waals surface area contributed by atoms with E-state index in [4.69, 9.17) is 4.42 Å². The zero-order chi connectivity index (χ0) is 15.4. The standard InChI is InChI=1S/C16H15N3O2S/c1-12-15(20)19(11-13-6-3-2-4-7-13)16(22-12)18-17-10-14-8-5-9-21-14/h2-10,12H,11H2,1H3/b17-10-,18-16+/t12-/m1/s1. The van der Waals surface area contributed by atoms with Gasteiger partial charge in [-0.2, -0.15) is 5.10 Å². The zero-order valence-electron chi connectivity index (χ0n) is 12.0. The minimum atomic E-state index is -0.138. The van der Waals surface area contributed by atoms with E-state index in [1.165, 1.54) is 18.0 Å². The second-order valence-corrected chi connectivity index (χ2v) is 6.12. The molecule has 0 N–H and O–H groups in total. The van der Waals surface area contributed by atoms with Crippen LogP contribution in [0, 0.1) is 0 Å². The Bertz CT molecular complexity index is 695. The smallest absolute Gasteiger partial charge is 0.242 e. The fraction of sp³-hybridized carbons (Fsp3) is 0.188. The van der Waals surface area contributed by atoms with Crippen LogP contribution in [0.4, 0.5) is 0 Å². The summed E-state index contributed by atoms with van der Waals surface area (Å²) in [6.45, 7) is 2.38. The number of thioether (sulfide) groups is 1. The average Bonchev–Trinajstić information content (AvgIpc) is 3.13. The molecule has 1 saturated heterocycles. The summed E-state index contributed by atoms with van der Waals surface area (Å²) >= 11 is 1.42. The van der Waals surface area contributed by atoms with Crippen molar-refractivity contribution in [3.05, 3.63) is 60.1 Å². The summed E-state index contributed by atoms with van der Waals surface area (Å²) in [4.78, 5) is 13.9. The van der Waals surface area contributed by atoms with Crippen LogP contribution in [-0.4, -0.2) is 27.4 Å². The first-order valence-corrected chi connectivity index (χ1v) is 7.78. The molecule has 0 saturated carbocycles. The topological polar surface area (TPSA) is 58.2 Å². The third kappa shape index (κ3) is 3.28. The van der Waals surface area contributed by atoms with E-state index >= 15 is 0 Å². The molecule has 0 spiro atoms. The SMILES string of the molecule is C[C@H]1S/C(=N/N=C\c2ccco2)N(Cc2ccccc2)C1=O. The van der Waals surface area contributed by atoms with E-state index in [9.17, 15) is 4.79 Å². The van der Waals surface area contributed by atoms with Gasteiger partial charge in [0.1, 0.15) is 5.76 Å². The molecule has 1 aliphatic rings. The quantitative estimate of drug-likeness (QED) is 0.643. The molecule has 0 bridgehead atoms. The Morgan fingerprint density at radius 3 is 2.82 bits per heavy atom. The Morgan fingerprint density at radius 1 is 1.27 bits per heavy atom. The van der Waals surface area contributed by atoms with Gasteiger partial charge in [0.2, 0.25) is 5.91 Å². The highest BCUT2D eigenvalue weighted by molar-refractivity contribution is 8.15. The van der Waals surface area contributed by atoms with Gasteiger partial charge in [0, 0.05) is 0 Å². The fourth-order valence-corrected chi connectivity index (χ4v) is 3.00. The normalized spacial score (nSPS) is 20.4. The maximum absolute atomic E-state index is 12.3. The van der Waals surface area contributed by atoms with Crippen LogP contribution in [0.5, 0.6) is 0 Å². The number of benzene rings is 1. The van der Waals surface area contributed by atoms with Crippen molar-refractivity contribution in [2.45, 2.75) is 18.7 Å². The molecule has 3 rings (SSSR count). The summed E-state index contributed by atoms with van der Waals surface area (Å²) in [5, 5.41) is 8.66. The number of hydrogen-bond acceptors (Lipinski definition) is 5. The van der Waals surface area contributed by atoms with Crippen molar-refractivity contribution in [1.29, 1.82) is 0 Å². The number of rotatable bonds is 4. The predicted octanol–water partition coefficient (Wildman–Crippen LogP) is 3.13. The van der Waals surface area contributed by atoms with Crippen LogP contribution in [0.1, 0.15) is 18.2 Å². The van der Waals surface area contributed by atoms with Gasteiger partial charge in [-0.1, -0.05) is 42.1 Å². The van der Waals surface area contributed by atoms with Gasteiger partial charge in [-0.3, -0.25) is 9.69 Å². The maximum atomic E-state index is 12.3. The number of nitrogens with zero attached hydrogens (tertiary/aromatic N) is 3. The third-order valence-corrected chi connectivity index (χ3v) is 4.25. The van der Waals surface area contributed by atoms with Crippen molar-refractivity contribution >= 4 is 29.1 Å². The monoisotopic (exact) mass is 313 g/mol. The number of amidine groups is 1. The summed E-state index contributed by atoms with van der Waals surface area (Å²) in [6.07, 6.45) is 3.11. The lowest BCUT2D eigenvalue weighted by Crippen LogP contribution is -2.30. The van der Waals surface area contributed by atoms with Crippen LogP contribution in [0.15, 0.2) is 63.3 Å². The molecule has 22 heavy (non-hydrogen) atoms. The fourth-order valence-electron chi connectivity index (χ4n) is 2.07. The van der Waals surface area contributed by atoms with Crippen molar-refractivity contribution in [3.63, 3.8) is 0 Å². The Balaban J connectivity index is 1.77. The largest absolute Gasteiger partial charge is 0.463 e. The van der Waals surface area contributed by atoms with E-state index in [2.05, 4.69) is 10.2 Å². The molecule has 1 aromatic heterocycles. The minimum Gasteiger partial charge on any atom is -0.463 e. The second kappa shape index (κ2) is 6.62. The molecule has 1 aliphatic heterocycles. The Kier molecular flexibility index (Phi) is 4.39. The first-order chi connectivity index (χ1) is 10.7. The van der Waals surface area contributed by atoms with Crippen LogP contribution < -0.4 is 0 Å². The Hall–Kier alpha value is -2.34. The lowest BCUT2D eigenvalue weighted by molar-refractivity contribution is -0.126. The van der Waals surface area contributed by atoms with Gasteiger partial charge < -0.3 is 4.42 Å². The second-order valence-electron chi connectivity index (χ2n) is 4.81. The van der Waals surface area contributed by atoms with E-state index in [0.29, 0.717) is 17.5 Å². The van der Waals surface area contributed by atoms with Crippen LogP contribution in [0.2, 0.25) is 0 Å². The first kappa shape index (κ1) is 14.6. The van der Waals surface area contributed by atoms with Gasteiger partial charge in [-0.15, -0.1) is 5.10 Å². The Labute approximate surface area is 132 Å².